The van der Waals surface area contributed by atoms with Gasteiger partial charge in [0, 0.05) is 6.54 Å². The third-order valence-electron chi connectivity index (χ3n) is 3.41. The topological polar surface area (TPSA) is 55.6 Å². The molecular weight excluding hydrogens is 317 g/mol. The van der Waals surface area contributed by atoms with E-state index in [4.69, 9.17) is 11.6 Å². The molecule has 2 heterocycles. The van der Waals surface area contributed by atoms with Gasteiger partial charge in [-0.05, 0) is 50.1 Å². The number of benzene rings is 1. The number of nitrogens with one attached hydrogen (secondary N) is 1. The lowest BCUT2D eigenvalue weighted by atomic mass is 10.1. The summed E-state index contributed by atoms with van der Waals surface area (Å²) in [6.07, 6.45) is 1.73. The summed E-state index contributed by atoms with van der Waals surface area (Å²) < 4.78 is 14.8. The van der Waals surface area contributed by atoms with E-state index >= 15 is 0 Å². The second-order valence-corrected chi connectivity index (χ2v) is 6.62. The molecule has 0 spiro atoms. The first kappa shape index (κ1) is 15.7. The molecule has 7 heteroatoms. The van der Waals surface area contributed by atoms with Gasteiger partial charge in [-0.25, -0.2) is 9.07 Å². The van der Waals surface area contributed by atoms with Crippen LogP contribution in [0.3, 0.4) is 0 Å². The van der Waals surface area contributed by atoms with Crippen LogP contribution in [-0.2, 0) is 12.1 Å². The van der Waals surface area contributed by atoms with Crippen LogP contribution in [0.25, 0.3) is 11.0 Å². The Hall–Kier alpha value is -2.21. The standard InChI is InChI=1S/C16H17ClFN5/c1-16(2,3)23-14-12(9-20-23)13(21-15(17)22-14)19-8-10-4-6-11(18)7-5-10/h4-7,9H,8H2,1-3H3,(H,19,21,22). The average Bonchev–Trinajstić information content (AvgIpc) is 2.90. The zero-order valence-electron chi connectivity index (χ0n) is 13.1. The molecule has 0 saturated carbocycles. The first-order chi connectivity index (χ1) is 10.8. The molecule has 0 radical (unpaired) electrons. The Bertz CT molecular complexity index is 836. The van der Waals surface area contributed by atoms with E-state index in [0.717, 1.165) is 10.9 Å². The largest absolute Gasteiger partial charge is 0.365 e. The van der Waals surface area contributed by atoms with E-state index in [1.54, 1.807) is 18.3 Å². The van der Waals surface area contributed by atoms with Crippen molar-refractivity contribution in [1.29, 1.82) is 0 Å². The van der Waals surface area contributed by atoms with E-state index in [1.165, 1.54) is 12.1 Å². The summed E-state index contributed by atoms with van der Waals surface area (Å²) in [5, 5.41) is 8.57. The second-order valence-electron chi connectivity index (χ2n) is 6.29. The van der Waals surface area contributed by atoms with E-state index in [9.17, 15) is 4.39 Å². The highest BCUT2D eigenvalue weighted by atomic mass is 35.5. The molecule has 0 unspecified atom stereocenters. The fraction of sp³-hybridized carbons (Fsp3) is 0.312. The van der Waals surface area contributed by atoms with Gasteiger partial charge in [0.05, 0.1) is 17.1 Å². The maximum Gasteiger partial charge on any atom is 0.226 e. The molecular formula is C16H17ClFN5. The monoisotopic (exact) mass is 333 g/mol. The van der Waals surface area contributed by atoms with Gasteiger partial charge < -0.3 is 5.32 Å². The number of halogens is 2. The van der Waals surface area contributed by atoms with Crippen molar-refractivity contribution in [1.82, 2.24) is 19.7 Å². The van der Waals surface area contributed by atoms with Gasteiger partial charge in [0.15, 0.2) is 5.65 Å². The molecule has 3 aromatic rings. The van der Waals surface area contributed by atoms with Crippen molar-refractivity contribution in [3.05, 3.63) is 47.1 Å². The van der Waals surface area contributed by atoms with E-state index in [0.29, 0.717) is 18.0 Å². The molecule has 23 heavy (non-hydrogen) atoms. The van der Waals surface area contributed by atoms with Gasteiger partial charge in [-0.2, -0.15) is 15.1 Å². The van der Waals surface area contributed by atoms with Crippen LogP contribution >= 0.6 is 11.6 Å². The predicted molar refractivity (Wildman–Crippen MR) is 89.1 cm³/mol. The summed E-state index contributed by atoms with van der Waals surface area (Å²) in [7, 11) is 0. The maximum atomic E-state index is 13.0. The SMILES string of the molecule is CC(C)(C)n1ncc2c(NCc3ccc(F)cc3)nc(Cl)nc21. The van der Waals surface area contributed by atoms with Crippen molar-refractivity contribution < 1.29 is 4.39 Å². The zero-order chi connectivity index (χ0) is 16.6. The van der Waals surface area contributed by atoms with Gasteiger partial charge in [-0.15, -0.1) is 0 Å². The third kappa shape index (κ3) is 3.27. The second kappa shape index (κ2) is 5.77. The van der Waals surface area contributed by atoms with Gasteiger partial charge in [0.2, 0.25) is 5.28 Å². The first-order valence-electron chi connectivity index (χ1n) is 7.24. The Kier molecular flexibility index (Phi) is 3.93. The van der Waals surface area contributed by atoms with Crippen LogP contribution in [0.2, 0.25) is 5.28 Å². The molecule has 0 atom stereocenters. The minimum Gasteiger partial charge on any atom is -0.365 e. The first-order valence-corrected chi connectivity index (χ1v) is 7.62. The fourth-order valence-corrected chi connectivity index (χ4v) is 2.46. The lowest BCUT2D eigenvalue weighted by molar-refractivity contribution is 0.366. The van der Waals surface area contributed by atoms with Crippen molar-refractivity contribution in [2.24, 2.45) is 0 Å². The van der Waals surface area contributed by atoms with Gasteiger partial charge in [0.1, 0.15) is 11.6 Å². The Morgan fingerprint density at radius 3 is 2.52 bits per heavy atom. The van der Waals surface area contributed by atoms with E-state index < -0.39 is 0 Å². The van der Waals surface area contributed by atoms with Crippen molar-refractivity contribution >= 4 is 28.5 Å². The fourth-order valence-electron chi connectivity index (χ4n) is 2.30. The number of fused-ring (bicyclic) bond motifs is 1. The Morgan fingerprint density at radius 1 is 1.17 bits per heavy atom. The van der Waals surface area contributed by atoms with Crippen LogP contribution in [0, 0.1) is 5.82 Å². The maximum absolute atomic E-state index is 13.0. The van der Waals surface area contributed by atoms with Crippen LogP contribution in [-0.4, -0.2) is 19.7 Å². The molecule has 1 aromatic carbocycles. The van der Waals surface area contributed by atoms with Crippen LogP contribution in [0.1, 0.15) is 26.3 Å². The highest BCUT2D eigenvalue weighted by Crippen LogP contribution is 2.26. The van der Waals surface area contributed by atoms with Crippen molar-refractivity contribution in [2.45, 2.75) is 32.9 Å². The molecule has 0 fully saturated rings. The molecule has 120 valence electrons. The molecule has 1 N–H and O–H groups in total. The summed E-state index contributed by atoms with van der Waals surface area (Å²) in [5.41, 5.74) is 1.41. The zero-order valence-corrected chi connectivity index (χ0v) is 13.9. The smallest absolute Gasteiger partial charge is 0.226 e. The molecule has 3 rings (SSSR count). The summed E-state index contributed by atoms with van der Waals surface area (Å²) in [5.74, 6) is 0.354. The van der Waals surface area contributed by atoms with Crippen molar-refractivity contribution in [3.8, 4) is 0 Å². The normalized spacial score (nSPS) is 11.9. The molecule has 0 saturated heterocycles. The van der Waals surface area contributed by atoms with E-state index in [1.807, 2.05) is 25.5 Å². The van der Waals surface area contributed by atoms with Crippen LogP contribution < -0.4 is 5.32 Å². The molecule has 0 aliphatic rings. The highest BCUT2D eigenvalue weighted by Gasteiger charge is 2.20. The van der Waals surface area contributed by atoms with Gasteiger partial charge in [0.25, 0.3) is 0 Å². The van der Waals surface area contributed by atoms with Gasteiger partial charge in [-0.3, -0.25) is 0 Å². The number of rotatable bonds is 3. The molecule has 2 aromatic heterocycles. The number of nitrogens with zero attached hydrogens (tertiary/aromatic N) is 4. The predicted octanol–water partition coefficient (Wildman–Crippen LogP) is 3.99. The molecule has 0 bridgehead atoms. The lowest BCUT2D eigenvalue weighted by Gasteiger charge is -2.19. The summed E-state index contributed by atoms with van der Waals surface area (Å²) in [6, 6.07) is 6.30. The van der Waals surface area contributed by atoms with Gasteiger partial charge >= 0.3 is 0 Å². The molecule has 0 aliphatic carbocycles. The van der Waals surface area contributed by atoms with E-state index in [-0.39, 0.29) is 16.6 Å². The van der Waals surface area contributed by atoms with E-state index in [2.05, 4.69) is 20.4 Å². The van der Waals surface area contributed by atoms with Crippen LogP contribution in [0.5, 0.6) is 0 Å². The Morgan fingerprint density at radius 2 is 1.87 bits per heavy atom. The van der Waals surface area contributed by atoms with Crippen molar-refractivity contribution in [2.75, 3.05) is 5.32 Å². The average molecular weight is 334 g/mol. The Balaban J connectivity index is 1.94. The number of hydrogen-bond donors (Lipinski definition) is 1. The molecule has 5 nitrogen and oxygen atoms in total. The summed E-state index contributed by atoms with van der Waals surface area (Å²) in [6.45, 7) is 6.63. The highest BCUT2D eigenvalue weighted by molar-refractivity contribution is 6.28. The lowest BCUT2D eigenvalue weighted by Crippen LogP contribution is -2.23. The molecule has 0 aliphatic heterocycles. The quantitative estimate of drug-likeness (QED) is 0.736. The molecule has 0 amide bonds. The summed E-state index contributed by atoms with van der Waals surface area (Å²) in [4.78, 5) is 8.54. The number of anilines is 1. The van der Waals surface area contributed by atoms with Crippen LogP contribution in [0.15, 0.2) is 30.5 Å². The Labute approximate surface area is 138 Å². The van der Waals surface area contributed by atoms with Crippen LogP contribution in [0.4, 0.5) is 10.2 Å². The third-order valence-corrected chi connectivity index (χ3v) is 3.58. The minimum atomic E-state index is -0.257. The van der Waals surface area contributed by atoms with Gasteiger partial charge in [-0.1, -0.05) is 12.1 Å². The number of hydrogen-bond acceptors (Lipinski definition) is 4. The number of aromatic nitrogens is 4. The minimum absolute atomic E-state index is 0.158. The van der Waals surface area contributed by atoms with Crippen molar-refractivity contribution in [3.63, 3.8) is 0 Å². The summed E-state index contributed by atoms with van der Waals surface area (Å²) >= 11 is 6.05.